The zero-order chi connectivity index (χ0) is 6.72. The SMILES string of the molecule is O[C@@H]1O[C@H](C2CN2)N2C[C@@H]12. The Hall–Kier alpha value is -0.160. The molecule has 56 valence electrons. The van der Waals surface area contributed by atoms with Crippen LogP contribution >= 0.6 is 0 Å². The maximum atomic E-state index is 9.19. The maximum absolute atomic E-state index is 9.19. The summed E-state index contributed by atoms with van der Waals surface area (Å²) in [5, 5.41) is 12.4. The van der Waals surface area contributed by atoms with Gasteiger partial charge in [0.1, 0.15) is 6.23 Å². The number of nitrogens with zero attached hydrogens (tertiary/aromatic N) is 1. The summed E-state index contributed by atoms with van der Waals surface area (Å²) in [5.41, 5.74) is 0. The van der Waals surface area contributed by atoms with Gasteiger partial charge in [-0.05, 0) is 0 Å². The second-order valence-corrected chi connectivity index (χ2v) is 3.20. The zero-order valence-electron chi connectivity index (χ0n) is 5.53. The van der Waals surface area contributed by atoms with E-state index in [1.54, 1.807) is 0 Å². The van der Waals surface area contributed by atoms with Crippen LogP contribution in [0.2, 0.25) is 0 Å². The molecule has 3 aliphatic heterocycles. The summed E-state index contributed by atoms with van der Waals surface area (Å²) in [6.07, 6.45) is -0.354. The minimum absolute atomic E-state index is 0.167. The van der Waals surface area contributed by atoms with Crippen LogP contribution in [0, 0.1) is 0 Å². The number of hydrogen-bond acceptors (Lipinski definition) is 4. The van der Waals surface area contributed by atoms with E-state index in [9.17, 15) is 5.11 Å². The predicted octanol–water partition coefficient (Wildman–Crippen LogP) is -1.68. The molecule has 0 amide bonds. The molecule has 0 radical (unpaired) electrons. The molecular weight excluding hydrogens is 132 g/mol. The third-order valence-corrected chi connectivity index (χ3v) is 2.41. The lowest BCUT2D eigenvalue weighted by molar-refractivity contribution is -0.111. The average molecular weight is 142 g/mol. The average Bonchev–Trinajstić information content (AvgIpc) is 2.81. The highest BCUT2D eigenvalue weighted by molar-refractivity contribution is 5.06. The van der Waals surface area contributed by atoms with Crippen molar-refractivity contribution in [1.29, 1.82) is 0 Å². The lowest BCUT2D eigenvalue weighted by Crippen LogP contribution is -2.27. The lowest BCUT2D eigenvalue weighted by atomic mass is 10.4. The van der Waals surface area contributed by atoms with Gasteiger partial charge in [0.2, 0.25) is 0 Å². The molecule has 10 heavy (non-hydrogen) atoms. The molecule has 5 atom stereocenters. The van der Waals surface area contributed by atoms with Crippen molar-refractivity contribution in [2.45, 2.75) is 24.6 Å². The molecule has 3 rings (SSSR count). The smallest absolute Gasteiger partial charge is 0.173 e. The van der Waals surface area contributed by atoms with Gasteiger partial charge in [-0.1, -0.05) is 0 Å². The van der Waals surface area contributed by atoms with Gasteiger partial charge >= 0.3 is 0 Å². The van der Waals surface area contributed by atoms with Crippen molar-refractivity contribution in [2.75, 3.05) is 13.1 Å². The number of fused-ring (bicyclic) bond motifs is 1. The van der Waals surface area contributed by atoms with Crippen LogP contribution in [0.3, 0.4) is 0 Å². The van der Waals surface area contributed by atoms with Gasteiger partial charge in [-0.2, -0.15) is 0 Å². The zero-order valence-corrected chi connectivity index (χ0v) is 5.53. The topological polar surface area (TPSA) is 54.4 Å². The molecule has 4 heteroatoms. The summed E-state index contributed by atoms with van der Waals surface area (Å²) < 4.78 is 5.27. The van der Waals surface area contributed by atoms with E-state index >= 15 is 0 Å². The number of nitrogens with one attached hydrogen (secondary N) is 1. The third kappa shape index (κ3) is 0.594. The minimum atomic E-state index is -0.521. The lowest BCUT2D eigenvalue weighted by Gasteiger charge is -2.11. The van der Waals surface area contributed by atoms with Crippen molar-refractivity contribution in [3.8, 4) is 0 Å². The second-order valence-electron chi connectivity index (χ2n) is 3.20. The molecule has 2 unspecified atom stereocenters. The Morgan fingerprint density at radius 3 is 2.80 bits per heavy atom. The Labute approximate surface area is 58.8 Å². The van der Waals surface area contributed by atoms with Crippen molar-refractivity contribution in [3.05, 3.63) is 0 Å². The van der Waals surface area contributed by atoms with Gasteiger partial charge in [-0.15, -0.1) is 0 Å². The molecule has 0 aromatic carbocycles. The van der Waals surface area contributed by atoms with Crippen LogP contribution < -0.4 is 5.32 Å². The first-order valence-electron chi connectivity index (χ1n) is 3.69. The van der Waals surface area contributed by atoms with E-state index in [0.29, 0.717) is 12.1 Å². The summed E-state index contributed by atoms with van der Waals surface area (Å²) in [6.45, 7) is 2.06. The Bertz CT molecular complexity index is 171. The van der Waals surface area contributed by atoms with Crippen LogP contribution in [-0.4, -0.2) is 47.7 Å². The largest absolute Gasteiger partial charge is 0.366 e. The van der Waals surface area contributed by atoms with E-state index in [4.69, 9.17) is 4.74 Å². The number of rotatable bonds is 1. The van der Waals surface area contributed by atoms with Gasteiger partial charge in [0, 0.05) is 13.1 Å². The van der Waals surface area contributed by atoms with Gasteiger partial charge in [0.05, 0.1) is 12.1 Å². The van der Waals surface area contributed by atoms with Crippen molar-refractivity contribution in [3.63, 3.8) is 0 Å². The highest BCUT2D eigenvalue weighted by atomic mass is 16.6. The molecule has 0 aliphatic carbocycles. The summed E-state index contributed by atoms with van der Waals surface area (Å²) in [5.74, 6) is 0. The standard InChI is InChI=1S/C6H10N2O2/c9-6-4-2-8(4)5(10-6)3-1-7-3/h3-7,9H,1-2H2/t3?,4-,5+,6+,8?/m0/s1. The second kappa shape index (κ2) is 1.53. The molecule has 0 saturated carbocycles. The summed E-state index contributed by atoms with van der Waals surface area (Å²) in [6, 6.07) is 0.801. The molecule has 0 aromatic rings. The van der Waals surface area contributed by atoms with Crippen LogP contribution in [0.4, 0.5) is 0 Å². The molecule has 4 nitrogen and oxygen atoms in total. The highest BCUT2D eigenvalue weighted by Crippen LogP contribution is 2.36. The minimum Gasteiger partial charge on any atom is -0.366 e. The third-order valence-electron chi connectivity index (χ3n) is 2.41. The van der Waals surface area contributed by atoms with Crippen LogP contribution in [0.15, 0.2) is 0 Å². The molecule has 3 heterocycles. The Morgan fingerprint density at radius 2 is 2.40 bits per heavy atom. The number of hydrogen-bond donors (Lipinski definition) is 2. The Kier molecular flexibility index (Phi) is 0.840. The molecule has 3 saturated heterocycles. The number of aliphatic hydroxyl groups is 1. The molecule has 3 aliphatic rings. The monoisotopic (exact) mass is 142 g/mol. The van der Waals surface area contributed by atoms with E-state index in [1.165, 1.54) is 0 Å². The molecule has 2 N–H and O–H groups in total. The number of aliphatic hydroxyl groups excluding tert-OH is 1. The molecule has 0 bridgehead atoms. The molecular formula is C6H10N2O2. The van der Waals surface area contributed by atoms with Gasteiger partial charge < -0.3 is 15.2 Å². The fourth-order valence-corrected chi connectivity index (χ4v) is 1.62. The van der Waals surface area contributed by atoms with Crippen molar-refractivity contribution < 1.29 is 9.84 Å². The summed E-state index contributed by atoms with van der Waals surface area (Å²) in [7, 11) is 0. The van der Waals surface area contributed by atoms with E-state index < -0.39 is 6.29 Å². The van der Waals surface area contributed by atoms with E-state index in [0.717, 1.165) is 13.1 Å². The van der Waals surface area contributed by atoms with Gasteiger partial charge in [-0.3, -0.25) is 4.90 Å². The Morgan fingerprint density at radius 1 is 1.60 bits per heavy atom. The normalized spacial score (nSPS) is 63.9. The van der Waals surface area contributed by atoms with E-state index in [2.05, 4.69) is 10.2 Å². The van der Waals surface area contributed by atoms with Crippen molar-refractivity contribution in [2.24, 2.45) is 0 Å². The molecule has 3 fully saturated rings. The van der Waals surface area contributed by atoms with Crippen LogP contribution in [-0.2, 0) is 4.74 Å². The fourth-order valence-electron chi connectivity index (χ4n) is 1.62. The van der Waals surface area contributed by atoms with E-state index in [1.807, 2.05) is 0 Å². The van der Waals surface area contributed by atoms with Crippen LogP contribution in [0.5, 0.6) is 0 Å². The van der Waals surface area contributed by atoms with Crippen molar-refractivity contribution >= 4 is 0 Å². The molecule has 0 spiro atoms. The fraction of sp³-hybridized carbons (Fsp3) is 1.00. The van der Waals surface area contributed by atoms with Crippen LogP contribution in [0.1, 0.15) is 0 Å². The first-order valence-corrected chi connectivity index (χ1v) is 3.69. The maximum Gasteiger partial charge on any atom is 0.173 e. The van der Waals surface area contributed by atoms with Crippen LogP contribution in [0.25, 0.3) is 0 Å². The predicted molar refractivity (Wildman–Crippen MR) is 33.2 cm³/mol. The van der Waals surface area contributed by atoms with Crippen molar-refractivity contribution in [1.82, 2.24) is 10.2 Å². The number of ether oxygens (including phenoxy) is 1. The molecule has 0 aromatic heterocycles. The first-order chi connectivity index (χ1) is 4.86. The Balaban J connectivity index is 1.76. The quantitative estimate of drug-likeness (QED) is 0.429. The first kappa shape index (κ1) is 5.49. The highest BCUT2D eigenvalue weighted by Gasteiger charge is 2.57. The van der Waals surface area contributed by atoms with E-state index in [-0.39, 0.29) is 6.23 Å². The van der Waals surface area contributed by atoms with Gasteiger partial charge in [0.15, 0.2) is 6.29 Å². The summed E-state index contributed by atoms with van der Waals surface area (Å²) in [4.78, 5) is 2.19. The van der Waals surface area contributed by atoms with Gasteiger partial charge in [0.25, 0.3) is 0 Å². The van der Waals surface area contributed by atoms with Gasteiger partial charge in [-0.25, -0.2) is 0 Å². The summed E-state index contributed by atoms with van der Waals surface area (Å²) >= 11 is 0.